The zero-order valence-electron chi connectivity index (χ0n) is 11.9. The minimum Gasteiger partial charge on any atom is -0.295 e. The number of carbonyl (C=O) groups is 1. The number of halogens is 1. The molecule has 0 aliphatic carbocycles. The summed E-state index contributed by atoms with van der Waals surface area (Å²) < 4.78 is 0. The van der Waals surface area contributed by atoms with E-state index in [1.54, 1.807) is 11.3 Å². The molecule has 20 heavy (non-hydrogen) atoms. The van der Waals surface area contributed by atoms with Gasteiger partial charge < -0.3 is 0 Å². The van der Waals surface area contributed by atoms with Crippen LogP contribution in [0.4, 0.5) is 0 Å². The van der Waals surface area contributed by atoms with Crippen LogP contribution < -0.4 is 0 Å². The first-order chi connectivity index (χ1) is 9.45. The Morgan fingerprint density at radius 2 is 2.05 bits per heavy atom. The van der Waals surface area contributed by atoms with Gasteiger partial charge in [-0.05, 0) is 44.7 Å². The zero-order valence-corrected chi connectivity index (χ0v) is 13.5. The molecule has 0 saturated carbocycles. The lowest BCUT2D eigenvalue weighted by Crippen LogP contribution is -2.25. The maximum atomic E-state index is 12.3. The summed E-state index contributed by atoms with van der Waals surface area (Å²) >= 11 is 7.64. The first-order valence-electron chi connectivity index (χ1n) is 6.49. The fraction of sp³-hybridized carbons (Fsp3) is 0.312. The van der Waals surface area contributed by atoms with Gasteiger partial charge >= 0.3 is 0 Å². The molecule has 0 fully saturated rings. The van der Waals surface area contributed by atoms with Crippen LogP contribution in [0.3, 0.4) is 0 Å². The molecule has 0 aliphatic heterocycles. The fourth-order valence-corrected chi connectivity index (χ4v) is 3.40. The number of hydrogen-bond acceptors (Lipinski definition) is 3. The number of thiophene rings is 1. The summed E-state index contributed by atoms with van der Waals surface area (Å²) in [5.74, 6) is 0.177. The van der Waals surface area contributed by atoms with Gasteiger partial charge in [0.15, 0.2) is 5.78 Å². The molecule has 106 valence electrons. The molecule has 0 amide bonds. The Kier molecular flexibility index (Phi) is 4.97. The highest BCUT2D eigenvalue weighted by Crippen LogP contribution is 2.21. The molecule has 2 rings (SSSR count). The van der Waals surface area contributed by atoms with Crippen LogP contribution in [-0.2, 0) is 6.54 Å². The van der Waals surface area contributed by atoms with Crippen molar-refractivity contribution in [3.63, 3.8) is 0 Å². The van der Waals surface area contributed by atoms with Crippen molar-refractivity contribution < 1.29 is 4.79 Å². The number of carbonyl (C=O) groups excluding carboxylic acids is 1. The van der Waals surface area contributed by atoms with Gasteiger partial charge in [0.2, 0.25) is 0 Å². The van der Waals surface area contributed by atoms with E-state index in [2.05, 4.69) is 0 Å². The van der Waals surface area contributed by atoms with Crippen molar-refractivity contribution in [1.29, 1.82) is 0 Å². The summed E-state index contributed by atoms with van der Waals surface area (Å²) in [4.78, 5) is 16.6. The largest absolute Gasteiger partial charge is 0.295 e. The smallest absolute Gasteiger partial charge is 0.177 e. The van der Waals surface area contributed by atoms with Crippen molar-refractivity contribution in [2.24, 2.45) is 0 Å². The van der Waals surface area contributed by atoms with Crippen LogP contribution in [-0.4, -0.2) is 24.3 Å². The number of benzene rings is 1. The molecule has 0 aliphatic rings. The van der Waals surface area contributed by atoms with Crippen molar-refractivity contribution in [2.45, 2.75) is 20.4 Å². The highest BCUT2D eigenvalue weighted by molar-refractivity contribution is 7.12. The second-order valence-electron chi connectivity index (χ2n) is 5.05. The number of Topliss-reactive ketones (excluding diaryl/α,β-unsaturated/α-hetero) is 1. The van der Waals surface area contributed by atoms with Crippen LogP contribution in [0.5, 0.6) is 0 Å². The number of likely N-dealkylation sites (N-methyl/N-ethyl adjacent to an activating group) is 1. The van der Waals surface area contributed by atoms with E-state index in [9.17, 15) is 4.79 Å². The van der Waals surface area contributed by atoms with Crippen molar-refractivity contribution >= 4 is 28.7 Å². The molecule has 0 spiro atoms. The first kappa shape index (κ1) is 15.2. The Hall–Kier alpha value is -1.16. The Morgan fingerprint density at radius 3 is 2.65 bits per heavy atom. The standard InChI is InChI=1S/C16H18ClNOS/c1-11-7-15(12(2)20-11)16(19)10-18(3)9-13-5-4-6-14(17)8-13/h4-8H,9-10H2,1-3H3. The van der Waals surface area contributed by atoms with Gasteiger partial charge in [-0.25, -0.2) is 0 Å². The van der Waals surface area contributed by atoms with Crippen LogP contribution in [0.15, 0.2) is 30.3 Å². The lowest BCUT2D eigenvalue weighted by Gasteiger charge is -2.16. The Balaban J connectivity index is 1.99. The van der Waals surface area contributed by atoms with Crippen LogP contribution in [0.1, 0.15) is 25.7 Å². The van der Waals surface area contributed by atoms with E-state index >= 15 is 0 Å². The van der Waals surface area contributed by atoms with Crippen molar-refractivity contribution in [2.75, 3.05) is 13.6 Å². The van der Waals surface area contributed by atoms with Crippen molar-refractivity contribution in [1.82, 2.24) is 4.90 Å². The summed E-state index contributed by atoms with van der Waals surface area (Å²) in [5, 5.41) is 0.728. The molecule has 1 heterocycles. The number of ketones is 1. The second kappa shape index (κ2) is 6.53. The Morgan fingerprint density at radius 1 is 1.30 bits per heavy atom. The van der Waals surface area contributed by atoms with E-state index in [1.807, 2.05) is 56.1 Å². The normalized spacial score (nSPS) is 11.1. The number of aryl methyl sites for hydroxylation is 2. The topological polar surface area (TPSA) is 20.3 Å². The van der Waals surface area contributed by atoms with Gasteiger partial charge in [0.05, 0.1) is 6.54 Å². The third-order valence-corrected chi connectivity index (χ3v) is 4.30. The van der Waals surface area contributed by atoms with Crippen molar-refractivity contribution in [3.05, 3.63) is 56.2 Å². The molecule has 0 N–H and O–H groups in total. The molecule has 2 aromatic rings. The summed E-state index contributed by atoms with van der Waals surface area (Å²) in [5.41, 5.74) is 1.97. The Bertz CT molecular complexity index is 621. The van der Waals surface area contributed by atoms with Gasteiger partial charge in [-0.2, -0.15) is 0 Å². The highest BCUT2D eigenvalue weighted by atomic mass is 35.5. The quantitative estimate of drug-likeness (QED) is 0.766. The maximum absolute atomic E-state index is 12.3. The van der Waals surface area contributed by atoms with Crippen LogP contribution in [0.2, 0.25) is 5.02 Å². The second-order valence-corrected chi connectivity index (χ2v) is 6.95. The molecule has 2 nitrogen and oxygen atoms in total. The van der Waals surface area contributed by atoms with Crippen LogP contribution in [0, 0.1) is 13.8 Å². The Labute approximate surface area is 129 Å². The van der Waals surface area contributed by atoms with E-state index in [4.69, 9.17) is 11.6 Å². The maximum Gasteiger partial charge on any atom is 0.177 e. The predicted octanol–water partition coefficient (Wildman–Crippen LogP) is 4.33. The summed E-state index contributed by atoms with van der Waals surface area (Å²) in [7, 11) is 1.95. The van der Waals surface area contributed by atoms with E-state index in [1.165, 1.54) is 4.88 Å². The first-order valence-corrected chi connectivity index (χ1v) is 7.68. The molecule has 1 aromatic heterocycles. The van der Waals surface area contributed by atoms with E-state index in [0.717, 1.165) is 21.0 Å². The molecule has 4 heteroatoms. The molecular formula is C16H18ClNOS. The minimum atomic E-state index is 0.177. The lowest BCUT2D eigenvalue weighted by atomic mass is 10.1. The molecule has 0 bridgehead atoms. The van der Waals surface area contributed by atoms with E-state index in [0.29, 0.717) is 13.1 Å². The van der Waals surface area contributed by atoms with Gasteiger partial charge in [-0.3, -0.25) is 9.69 Å². The average molecular weight is 308 g/mol. The van der Waals surface area contributed by atoms with Gasteiger partial charge in [-0.1, -0.05) is 23.7 Å². The predicted molar refractivity (Wildman–Crippen MR) is 85.9 cm³/mol. The van der Waals surface area contributed by atoms with Gasteiger partial charge in [0.25, 0.3) is 0 Å². The monoisotopic (exact) mass is 307 g/mol. The molecular weight excluding hydrogens is 290 g/mol. The summed E-state index contributed by atoms with van der Waals surface area (Å²) in [6, 6.07) is 9.72. The lowest BCUT2D eigenvalue weighted by molar-refractivity contribution is 0.0943. The van der Waals surface area contributed by atoms with Gasteiger partial charge in [0.1, 0.15) is 0 Å². The molecule has 0 radical (unpaired) electrons. The number of rotatable bonds is 5. The van der Waals surface area contributed by atoms with E-state index in [-0.39, 0.29) is 5.78 Å². The summed E-state index contributed by atoms with van der Waals surface area (Å²) in [6.07, 6.45) is 0. The van der Waals surface area contributed by atoms with Crippen LogP contribution in [0.25, 0.3) is 0 Å². The third-order valence-electron chi connectivity index (χ3n) is 3.10. The zero-order chi connectivity index (χ0) is 14.7. The highest BCUT2D eigenvalue weighted by Gasteiger charge is 2.14. The van der Waals surface area contributed by atoms with E-state index < -0.39 is 0 Å². The molecule has 0 atom stereocenters. The minimum absolute atomic E-state index is 0.177. The average Bonchev–Trinajstić information content (AvgIpc) is 2.68. The molecule has 1 aromatic carbocycles. The van der Waals surface area contributed by atoms with Gasteiger partial charge in [-0.15, -0.1) is 11.3 Å². The third kappa shape index (κ3) is 3.92. The summed E-state index contributed by atoms with van der Waals surface area (Å²) in [6.45, 7) is 5.17. The SMILES string of the molecule is Cc1cc(C(=O)CN(C)Cc2cccc(Cl)c2)c(C)s1. The van der Waals surface area contributed by atoms with Crippen molar-refractivity contribution in [3.8, 4) is 0 Å². The number of hydrogen-bond donors (Lipinski definition) is 0. The number of nitrogens with zero attached hydrogens (tertiary/aromatic N) is 1. The molecule has 0 saturated heterocycles. The van der Waals surface area contributed by atoms with Gasteiger partial charge in [0, 0.05) is 26.9 Å². The van der Waals surface area contributed by atoms with Crippen LogP contribution >= 0.6 is 22.9 Å². The fourth-order valence-electron chi connectivity index (χ4n) is 2.24. The molecule has 0 unspecified atom stereocenters.